The van der Waals surface area contributed by atoms with Crippen molar-refractivity contribution in [2.75, 3.05) is 26.4 Å². The van der Waals surface area contributed by atoms with Gasteiger partial charge in [-0.25, -0.2) is 9.36 Å². The van der Waals surface area contributed by atoms with Gasteiger partial charge in [-0.15, -0.1) is 0 Å². The topological polar surface area (TPSA) is 92.8 Å². The minimum absolute atomic E-state index is 0.0139. The third kappa shape index (κ3) is 8.62. The highest BCUT2D eigenvalue weighted by atomic mass is 28.3. The van der Waals surface area contributed by atoms with Crippen molar-refractivity contribution >= 4 is 19.0 Å². The fraction of sp³-hybridized carbons (Fsp3) is 0.655. The first kappa shape index (κ1) is 29.7. The molecule has 1 aliphatic heterocycles. The summed E-state index contributed by atoms with van der Waals surface area (Å²) < 4.78 is 27.9. The number of benzene rings is 1. The number of fused-ring (bicyclic) bond motifs is 1. The normalized spacial score (nSPS) is 17.9. The zero-order valence-corrected chi connectivity index (χ0v) is 25.3. The van der Waals surface area contributed by atoms with Gasteiger partial charge in [0.15, 0.2) is 6.23 Å². The SMILES string of the molecule is C[C@H](CCO[C@@H](C)CCO)Oc1ccc2c(c1)c(-c1cnn(COCC[Si](C)(C)C)c1)nn2C1CCCCO1. The number of nitrogens with zero attached hydrogens (tertiary/aromatic N) is 4. The summed E-state index contributed by atoms with van der Waals surface area (Å²) in [6.45, 7) is 13.8. The lowest BCUT2D eigenvalue weighted by Gasteiger charge is -2.23. The van der Waals surface area contributed by atoms with Crippen LogP contribution in [0.5, 0.6) is 5.75 Å². The van der Waals surface area contributed by atoms with Gasteiger partial charge in [-0.3, -0.25) is 0 Å². The summed E-state index contributed by atoms with van der Waals surface area (Å²) in [5.41, 5.74) is 2.84. The average molecular weight is 559 g/mol. The lowest BCUT2D eigenvalue weighted by molar-refractivity contribution is -0.0365. The molecule has 9 nitrogen and oxygen atoms in total. The molecule has 1 unspecified atom stereocenters. The van der Waals surface area contributed by atoms with E-state index in [0.29, 0.717) is 19.8 Å². The molecule has 2 aromatic heterocycles. The van der Waals surface area contributed by atoms with Crippen LogP contribution in [-0.2, 0) is 20.9 Å². The Balaban J connectivity index is 1.51. The van der Waals surface area contributed by atoms with E-state index in [0.717, 1.165) is 72.9 Å². The summed E-state index contributed by atoms with van der Waals surface area (Å²) in [7, 11) is -1.13. The highest BCUT2D eigenvalue weighted by Gasteiger charge is 2.23. The summed E-state index contributed by atoms with van der Waals surface area (Å²) in [6.07, 6.45) is 8.39. The molecule has 1 saturated heterocycles. The zero-order chi connectivity index (χ0) is 27.8. The molecule has 216 valence electrons. The van der Waals surface area contributed by atoms with Crippen molar-refractivity contribution in [1.82, 2.24) is 19.6 Å². The zero-order valence-electron chi connectivity index (χ0n) is 24.3. The van der Waals surface area contributed by atoms with Gasteiger partial charge >= 0.3 is 0 Å². The Hall–Kier alpha value is -2.24. The van der Waals surface area contributed by atoms with Crippen LogP contribution < -0.4 is 4.74 Å². The van der Waals surface area contributed by atoms with Gasteiger partial charge in [0.2, 0.25) is 0 Å². The molecule has 10 heteroatoms. The lowest BCUT2D eigenvalue weighted by atomic mass is 10.1. The molecule has 0 saturated carbocycles. The summed E-state index contributed by atoms with van der Waals surface area (Å²) >= 11 is 0. The fourth-order valence-corrected chi connectivity index (χ4v) is 5.38. The Labute approximate surface area is 233 Å². The molecule has 0 aliphatic carbocycles. The quantitative estimate of drug-likeness (QED) is 0.185. The molecular weight excluding hydrogens is 512 g/mol. The lowest BCUT2D eigenvalue weighted by Crippen LogP contribution is -2.22. The Morgan fingerprint density at radius 2 is 1.97 bits per heavy atom. The number of aliphatic hydroxyl groups excluding tert-OH is 1. The van der Waals surface area contributed by atoms with Crippen LogP contribution in [0.25, 0.3) is 22.2 Å². The Kier molecular flexibility index (Phi) is 10.6. The Morgan fingerprint density at radius 1 is 1.13 bits per heavy atom. The molecule has 0 spiro atoms. The first-order valence-electron chi connectivity index (χ1n) is 14.4. The molecule has 3 atom stereocenters. The fourth-order valence-electron chi connectivity index (χ4n) is 4.63. The minimum Gasteiger partial charge on any atom is -0.491 e. The van der Waals surface area contributed by atoms with Crippen LogP contribution in [0.3, 0.4) is 0 Å². The Bertz CT molecular complexity index is 1170. The van der Waals surface area contributed by atoms with E-state index in [1.54, 1.807) is 0 Å². The molecular formula is C29H46N4O5Si. The largest absolute Gasteiger partial charge is 0.491 e. The van der Waals surface area contributed by atoms with Gasteiger partial charge in [-0.05, 0) is 63.8 Å². The second-order valence-corrected chi connectivity index (χ2v) is 17.4. The van der Waals surface area contributed by atoms with Crippen LogP contribution in [0.15, 0.2) is 30.6 Å². The van der Waals surface area contributed by atoms with Gasteiger partial charge in [-0.2, -0.15) is 10.2 Å². The summed E-state index contributed by atoms with van der Waals surface area (Å²) in [6, 6.07) is 7.29. The molecule has 1 aliphatic rings. The van der Waals surface area contributed by atoms with Crippen molar-refractivity contribution in [2.24, 2.45) is 0 Å². The average Bonchev–Trinajstić information content (AvgIpc) is 3.51. The van der Waals surface area contributed by atoms with E-state index in [-0.39, 0.29) is 25.0 Å². The van der Waals surface area contributed by atoms with E-state index in [1.807, 2.05) is 34.7 Å². The van der Waals surface area contributed by atoms with Crippen LogP contribution in [0, 0.1) is 0 Å². The van der Waals surface area contributed by atoms with Gasteiger partial charge in [-0.1, -0.05) is 19.6 Å². The van der Waals surface area contributed by atoms with Crippen molar-refractivity contribution in [3.05, 3.63) is 30.6 Å². The second kappa shape index (κ2) is 13.9. The molecule has 0 bridgehead atoms. The van der Waals surface area contributed by atoms with E-state index in [4.69, 9.17) is 29.2 Å². The molecule has 1 fully saturated rings. The van der Waals surface area contributed by atoms with Gasteiger partial charge in [0.1, 0.15) is 18.2 Å². The van der Waals surface area contributed by atoms with Crippen LogP contribution in [-0.4, -0.2) is 71.4 Å². The highest BCUT2D eigenvalue weighted by molar-refractivity contribution is 6.76. The summed E-state index contributed by atoms with van der Waals surface area (Å²) in [4.78, 5) is 0. The van der Waals surface area contributed by atoms with Crippen molar-refractivity contribution in [3.63, 3.8) is 0 Å². The molecule has 4 rings (SSSR count). The summed E-state index contributed by atoms with van der Waals surface area (Å²) in [5, 5.41) is 19.7. The van der Waals surface area contributed by atoms with Crippen LogP contribution in [0.1, 0.15) is 52.2 Å². The smallest absolute Gasteiger partial charge is 0.150 e. The van der Waals surface area contributed by atoms with Crippen molar-refractivity contribution in [1.29, 1.82) is 0 Å². The van der Waals surface area contributed by atoms with E-state index < -0.39 is 8.07 Å². The minimum atomic E-state index is -1.13. The van der Waals surface area contributed by atoms with E-state index >= 15 is 0 Å². The van der Waals surface area contributed by atoms with E-state index in [9.17, 15) is 0 Å². The molecule has 3 heterocycles. The molecule has 1 aromatic carbocycles. The van der Waals surface area contributed by atoms with Gasteiger partial charge in [0.25, 0.3) is 0 Å². The molecule has 39 heavy (non-hydrogen) atoms. The van der Waals surface area contributed by atoms with Crippen LogP contribution in [0.2, 0.25) is 25.7 Å². The number of ether oxygens (including phenoxy) is 4. The Morgan fingerprint density at radius 3 is 2.72 bits per heavy atom. The molecule has 0 radical (unpaired) electrons. The van der Waals surface area contributed by atoms with Crippen molar-refractivity contribution in [2.45, 2.75) is 96.8 Å². The summed E-state index contributed by atoms with van der Waals surface area (Å²) in [5.74, 6) is 0.797. The highest BCUT2D eigenvalue weighted by Crippen LogP contribution is 2.35. The number of hydrogen-bond acceptors (Lipinski definition) is 7. The second-order valence-electron chi connectivity index (χ2n) is 11.8. The van der Waals surface area contributed by atoms with Crippen molar-refractivity contribution in [3.8, 4) is 17.0 Å². The number of aliphatic hydroxyl groups is 1. The molecule has 0 amide bonds. The van der Waals surface area contributed by atoms with Crippen LogP contribution >= 0.6 is 0 Å². The molecule has 3 aromatic rings. The maximum atomic E-state index is 9.06. The number of hydrogen-bond donors (Lipinski definition) is 1. The maximum absolute atomic E-state index is 9.06. The van der Waals surface area contributed by atoms with Gasteiger partial charge in [0, 0.05) is 51.5 Å². The third-order valence-electron chi connectivity index (χ3n) is 7.03. The number of rotatable bonds is 15. The van der Waals surface area contributed by atoms with Crippen LogP contribution in [0.4, 0.5) is 0 Å². The first-order chi connectivity index (χ1) is 18.7. The first-order valence-corrected chi connectivity index (χ1v) is 18.1. The van der Waals surface area contributed by atoms with Crippen molar-refractivity contribution < 1.29 is 24.1 Å². The third-order valence-corrected chi connectivity index (χ3v) is 8.74. The van der Waals surface area contributed by atoms with E-state index in [1.165, 1.54) is 0 Å². The number of aromatic nitrogens is 4. The predicted octanol–water partition coefficient (Wildman–Crippen LogP) is 5.86. The van der Waals surface area contributed by atoms with Gasteiger partial charge < -0.3 is 24.1 Å². The maximum Gasteiger partial charge on any atom is 0.150 e. The standard InChI is InChI=1S/C29H46N4O5Si/c1-22(11-13-34)36-15-12-23(2)38-25-9-10-27-26(18-25)29(31-33(27)28-8-6-7-14-37-28)24-19-30-32(20-24)21-35-16-17-39(3,4)5/h9-10,18-20,22-23,28,34H,6-8,11-17,21H2,1-5H3/t22-,23+,28?/m0/s1. The van der Waals surface area contributed by atoms with E-state index in [2.05, 4.69) is 43.8 Å². The monoisotopic (exact) mass is 558 g/mol. The predicted molar refractivity (Wildman–Crippen MR) is 156 cm³/mol. The van der Waals surface area contributed by atoms with Gasteiger partial charge in [0.05, 0.1) is 30.5 Å². The molecule has 1 N–H and O–H groups in total.